The topological polar surface area (TPSA) is 72.2 Å². The average molecular weight is 304 g/mol. The molecular formula is C9H9F5N2O2S. The Morgan fingerprint density at radius 2 is 1.63 bits per heavy atom. The van der Waals surface area contributed by atoms with Gasteiger partial charge in [0.15, 0.2) is 0 Å². The fourth-order valence-electron chi connectivity index (χ4n) is 1.22. The summed E-state index contributed by atoms with van der Waals surface area (Å²) in [6.07, 6.45) is -4.76. The molecule has 0 amide bonds. The van der Waals surface area contributed by atoms with Gasteiger partial charge in [-0.15, -0.1) is 0 Å². The first-order valence-electron chi connectivity index (χ1n) is 4.75. The van der Waals surface area contributed by atoms with Crippen molar-refractivity contribution in [2.24, 2.45) is 5.14 Å². The molecule has 0 radical (unpaired) electrons. The third-order valence-electron chi connectivity index (χ3n) is 2.11. The van der Waals surface area contributed by atoms with Crippen LogP contribution in [0.25, 0.3) is 0 Å². The summed E-state index contributed by atoms with van der Waals surface area (Å²) >= 11 is 0. The van der Waals surface area contributed by atoms with Crippen LogP contribution in [0.3, 0.4) is 0 Å². The zero-order valence-corrected chi connectivity index (χ0v) is 10.0. The molecule has 0 aliphatic rings. The van der Waals surface area contributed by atoms with Crippen molar-refractivity contribution in [1.82, 2.24) is 4.72 Å². The van der Waals surface area contributed by atoms with Crippen LogP contribution < -0.4 is 9.86 Å². The summed E-state index contributed by atoms with van der Waals surface area (Å²) in [5.41, 5.74) is -2.21. The van der Waals surface area contributed by atoms with Crippen LogP contribution in [0.15, 0.2) is 24.3 Å². The minimum absolute atomic E-state index is 0.255. The standard InChI is InChI=1S/C9H9F5N2O2S/c10-8(11,5-16-19(15,17)18)6-2-1-3-7(4-6)9(12,13)14/h1-4,16H,5H2,(H2,15,17,18). The van der Waals surface area contributed by atoms with Crippen LogP contribution in [-0.4, -0.2) is 15.0 Å². The van der Waals surface area contributed by atoms with Gasteiger partial charge in [-0.1, -0.05) is 12.1 Å². The summed E-state index contributed by atoms with van der Waals surface area (Å²) < 4.78 is 86.4. The molecule has 19 heavy (non-hydrogen) atoms. The molecule has 3 N–H and O–H groups in total. The van der Waals surface area contributed by atoms with Crippen LogP contribution in [0.5, 0.6) is 0 Å². The van der Waals surface area contributed by atoms with Crippen molar-refractivity contribution in [3.63, 3.8) is 0 Å². The molecule has 0 fully saturated rings. The smallest absolute Gasteiger partial charge is 0.216 e. The normalized spacial score (nSPS) is 13.6. The van der Waals surface area contributed by atoms with Crippen LogP contribution in [0, 0.1) is 0 Å². The highest BCUT2D eigenvalue weighted by Crippen LogP contribution is 2.34. The van der Waals surface area contributed by atoms with E-state index in [9.17, 15) is 30.4 Å². The molecule has 0 heterocycles. The quantitative estimate of drug-likeness (QED) is 0.829. The van der Waals surface area contributed by atoms with E-state index in [-0.39, 0.29) is 6.07 Å². The Morgan fingerprint density at radius 1 is 1.11 bits per heavy atom. The van der Waals surface area contributed by atoms with Crippen molar-refractivity contribution < 1.29 is 30.4 Å². The number of halogens is 5. The first-order valence-corrected chi connectivity index (χ1v) is 6.29. The molecule has 0 unspecified atom stereocenters. The third-order valence-corrected chi connectivity index (χ3v) is 2.65. The molecule has 0 aromatic heterocycles. The number of nitrogens with two attached hydrogens (primary N) is 1. The van der Waals surface area contributed by atoms with Gasteiger partial charge in [-0.25, -0.2) is 5.14 Å². The maximum absolute atomic E-state index is 13.5. The monoisotopic (exact) mass is 304 g/mol. The molecule has 0 spiro atoms. The highest BCUT2D eigenvalue weighted by Gasteiger charge is 2.36. The zero-order chi connectivity index (χ0) is 14.9. The van der Waals surface area contributed by atoms with Crippen LogP contribution in [0.1, 0.15) is 11.1 Å². The van der Waals surface area contributed by atoms with Crippen molar-refractivity contribution >= 4 is 10.2 Å². The third kappa shape index (κ3) is 4.73. The Balaban J connectivity index is 3.01. The van der Waals surface area contributed by atoms with Gasteiger partial charge in [0.25, 0.3) is 16.1 Å². The maximum atomic E-state index is 13.5. The van der Waals surface area contributed by atoms with Gasteiger partial charge >= 0.3 is 6.18 Å². The fourth-order valence-corrected chi connectivity index (χ4v) is 1.60. The predicted octanol–water partition coefficient (Wildman–Crippen LogP) is 1.59. The minimum Gasteiger partial charge on any atom is -0.216 e. The van der Waals surface area contributed by atoms with Crippen molar-refractivity contribution in [2.45, 2.75) is 12.1 Å². The lowest BCUT2D eigenvalue weighted by molar-refractivity contribution is -0.137. The number of hydrogen-bond donors (Lipinski definition) is 2. The summed E-state index contributed by atoms with van der Waals surface area (Å²) in [5, 5.41) is 4.47. The van der Waals surface area contributed by atoms with E-state index in [0.29, 0.717) is 6.07 Å². The number of rotatable bonds is 4. The molecule has 0 saturated carbocycles. The highest BCUT2D eigenvalue weighted by atomic mass is 32.2. The zero-order valence-electron chi connectivity index (χ0n) is 9.21. The van der Waals surface area contributed by atoms with Crippen LogP contribution in [0.4, 0.5) is 22.0 Å². The SMILES string of the molecule is NS(=O)(=O)NCC(F)(F)c1cccc(C(F)(F)F)c1. The van der Waals surface area contributed by atoms with Gasteiger partial charge < -0.3 is 0 Å². The molecule has 1 aromatic carbocycles. The molecular weight excluding hydrogens is 295 g/mol. The number of benzene rings is 1. The summed E-state index contributed by atoms with van der Waals surface area (Å²) in [7, 11) is -4.36. The Morgan fingerprint density at radius 3 is 2.11 bits per heavy atom. The fraction of sp³-hybridized carbons (Fsp3) is 0.333. The Bertz CT molecular complexity index is 556. The van der Waals surface area contributed by atoms with E-state index < -0.39 is 40.0 Å². The van der Waals surface area contributed by atoms with Gasteiger partial charge in [-0.05, 0) is 12.1 Å². The van der Waals surface area contributed by atoms with Gasteiger partial charge in [-0.2, -0.15) is 35.1 Å². The molecule has 1 aromatic rings. The van der Waals surface area contributed by atoms with Gasteiger partial charge in [-0.3, -0.25) is 0 Å². The van der Waals surface area contributed by atoms with Crippen LogP contribution >= 0.6 is 0 Å². The van der Waals surface area contributed by atoms with Crippen LogP contribution in [0.2, 0.25) is 0 Å². The summed E-state index contributed by atoms with van der Waals surface area (Å²) in [5.74, 6) is -3.81. The van der Waals surface area contributed by atoms with E-state index in [1.165, 1.54) is 4.72 Å². The summed E-state index contributed by atoms with van der Waals surface area (Å²) in [4.78, 5) is 0. The van der Waals surface area contributed by atoms with Crippen LogP contribution in [-0.2, 0) is 22.3 Å². The lowest BCUT2D eigenvalue weighted by Crippen LogP contribution is -2.38. The molecule has 0 atom stereocenters. The van der Waals surface area contributed by atoms with Crippen molar-refractivity contribution in [3.8, 4) is 0 Å². The molecule has 0 bridgehead atoms. The van der Waals surface area contributed by atoms with Crippen molar-refractivity contribution in [2.75, 3.05) is 6.54 Å². The van der Waals surface area contributed by atoms with Gasteiger partial charge in [0, 0.05) is 5.56 Å². The molecule has 108 valence electrons. The Labute approximate surface area is 105 Å². The lowest BCUT2D eigenvalue weighted by atomic mass is 10.1. The van der Waals surface area contributed by atoms with Crippen molar-refractivity contribution in [3.05, 3.63) is 35.4 Å². The van der Waals surface area contributed by atoms with Crippen molar-refractivity contribution in [1.29, 1.82) is 0 Å². The predicted molar refractivity (Wildman–Crippen MR) is 56.4 cm³/mol. The van der Waals surface area contributed by atoms with Gasteiger partial charge in [0.1, 0.15) is 0 Å². The van der Waals surface area contributed by atoms with Gasteiger partial charge in [0.2, 0.25) is 0 Å². The first kappa shape index (κ1) is 15.8. The number of hydrogen-bond acceptors (Lipinski definition) is 2. The Hall–Kier alpha value is -1.26. The van der Waals surface area contributed by atoms with E-state index in [1.54, 1.807) is 0 Å². The second kappa shape index (κ2) is 5.02. The average Bonchev–Trinajstić information content (AvgIpc) is 2.25. The molecule has 10 heteroatoms. The first-order chi connectivity index (χ1) is 8.42. The maximum Gasteiger partial charge on any atom is 0.416 e. The van der Waals surface area contributed by atoms with E-state index in [4.69, 9.17) is 0 Å². The molecule has 0 aliphatic heterocycles. The van der Waals surface area contributed by atoms with E-state index in [1.807, 2.05) is 0 Å². The lowest BCUT2D eigenvalue weighted by Gasteiger charge is -2.18. The minimum atomic E-state index is -4.76. The van der Waals surface area contributed by atoms with E-state index >= 15 is 0 Å². The number of nitrogens with one attached hydrogen (secondary N) is 1. The second-order valence-electron chi connectivity index (χ2n) is 3.65. The largest absolute Gasteiger partial charge is 0.416 e. The Kier molecular flexibility index (Phi) is 4.17. The highest BCUT2D eigenvalue weighted by molar-refractivity contribution is 7.87. The second-order valence-corrected chi connectivity index (χ2v) is 5.03. The molecule has 4 nitrogen and oxygen atoms in total. The molecule has 0 saturated heterocycles. The van der Waals surface area contributed by atoms with E-state index in [0.717, 1.165) is 12.1 Å². The summed E-state index contributed by atoms with van der Waals surface area (Å²) in [6, 6.07) is 2.46. The summed E-state index contributed by atoms with van der Waals surface area (Å²) in [6.45, 7) is -1.42. The van der Waals surface area contributed by atoms with Gasteiger partial charge in [0.05, 0.1) is 12.1 Å². The molecule has 1 rings (SSSR count). The van der Waals surface area contributed by atoms with E-state index in [2.05, 4.69) is 5.14 Å². The molecule has 0 aliphatic carbocycles. The number of alkyl halides is 5.